The molecule has 6 nitrogen and oxygen atoms in total. The molecule has 0 bridgehead atoms. The molecule has 0 aliphatic rings. The first-order valence-electron chi connectivity index (χ1n) is 7.96. The number of imidazole rings is 1. The highest BCUT2D eigenvalue weighted by Crippen LogP contribution is 2.09. The number of hydrogen-bond donors (Lipinski definition) is 3. The second-order valence-electron chi connectivity index (χ2n) is 5.20. The highest BCUT2D eigenvalue weighted by Gasteiger charge is 1.97. The molecule has 0 atom stereocenters. The summed E-state index contributed by atoms with van der Waals surface area (Å²) in [6.45, 7) is 16.9. The maximum absolute atomic E-state index is 4.92. The Morgan fingerprint density at radius 3 is 2.08 bits per heavy atom. The van der Waals surface area contributed by atoms with Crippen LogP contribution in [0.3, 0.4) is 0 Å². The summed E-state index contributed by atoms with van der Waals surface area (Å²) in [5.41, 5.74) is 10.8. The molecule has 3 rings (SSSR count). The van der Waals surface area contributed by atoms with Crippen LogP contribution in [0.5, 0.6) is 0 Å². The van der Waals surface area contributed by atoms with Crippen LogP contribution in [0.4, 0.5) is 0 Å². The van der Waals surface area contributed by atoms with Crippen LogP contribution in [-0.4, -0.2) is 25.1 Å². The summed E-state index contributed by atoms with van der Waals surface area (Å²) in [5, 5.41) is 6.71. The topological polar surface area (TPSA) is 96.3 Å². The standard InChI is InChI=1S/C8H9N3.C5H8N2.C3H7N.C2H6/c1-5-3-7-8(4-9-5)11-6(2)10-7;1-4-3-5(2)7-6-4;1-3(2)4;1-2/h3-4H,1-2H3,(H,10,11);3H,1-2H3,(H,6,7);1,4H2,2H3;1-2H3. The Balaban J connectivity index is 0.000000352. The number of hydrogen-bond acceptors (Lipinski definition) is 4. The Kier molecular flexibility index (Phi) is 9.79. The molecule has 4 N–H and O–H groups in total. The zero-order valence-corrected chi connectivity index (χ0v) is 15.9. The minimum atomic E-state index is 0.667. The summed E-state index contributed by atoms with van der Waals surface area (Å²) in [6, 6.07) is 3.97. The number of H-pyrrole nitrogens is 2. The molecule has 0 unspecified atom stereocenters. The van der Waals surface area contributed by atoms with Crippen molar-refractivity contribution in [3.63, 3.8) is 0 Å². The van der Waals surface area contributed by atoms with Gasteiger partial charge in [-0.05, 0) is 52.4 Å². The third kappa shape index (κ3) is 8.73. The van der Waals surface area contributed by atoms with Crippen molar-refractivity contribution in [3.05, 3.63) is 53.5 Å². The lowest BCUT2D eigenvalue weighted by Gasteiger charge is -1.88. The molecule has 3 aromatic heterocycles. The van der Waals surface area contributed by atoms with Crippen LogP contribution in [0.15, 0.2) is 30.6 Å². The van der Waals surface area contributed by atoms with Gasteiger partial charge in [0.25, 0.3) is 0 Å². The number of rotatable bonds is 0. The molecule has 0 saturated heterocycles. The minimum absolute atomic E-state index is 0.667. The zero-order chi connectivity index (χ0) is 18.7. The van der Waals surface area contributed by atoms with E-state index in [4.69, 9.17) is 5.73 Å². The van der Waals surface area contributed by atoms with Gasteiger partial charge in [0.15, 0.2) is 0 Å². The van der Waals surface area contributed by atoms with E-state index in [1.807, 2.05) is 59.9 Å². The lowest BCUT2D eigenvalue weighted by atomic mass is 10.3. The number of nitrogens with one attached hydrogen (secondary N) is 2. The molecule has 0 aromatic carbocycles. The molecular weight excluding hydrogens is 300 g/mol. The highest BCUT2D eigenvalue weighted by molar-refractivity contribution is 5.74. The maximum atomic E-state index is 4.92. The summed E-state index contributed by atoms with van der Waals surface area (Å²) in [7, 11) is 0. The van der Waals surface area contributed by atoms with Crippen LogP contribution in [-0.2, 0) is 0 Å². The molecule has 6 heteroatoms. The van der Waals surface area contributed by atoms with Gasteiger partial charge in [-0.25, -0.2) is 4.98 Å². The monoisotopic (exact) mass is 330 g/mol. The molecule has 132 valence electrons. The second kappa shape index (κ2) is 11.0. The lowest BCUT2D eigenvalue weighted by molar-refractivity contribution is 1.02. The van der Waals surface area contributed by atoms with Crippen molar-refractivity contribution >= 4 is 11.0 Å². The Hall–Kier alpha value is -2.63. The zero-order valence-electron chi connectivity index (χ0n) is 15.9. The van der Waals surface area contributed by atoms with Crippen LogP contribution in [0, 0.1) is 27.7 Å². The first-order chi connectivity index (χ1) is 11.3. The molecule has 0 spiro atoms. The van der Waals surface area contributed by atoms with E-state index in [0.29, 0.717) is 5.70 Å². The van der Waals surface area contributed by atoms with E-state index in [2.05, 4.69) is 31.7 Å². The average molecular weight is 330 g/mol. The molecule has 0 saturated carbocycles. The molecule has 24 heavy (non-hydrogen) atoms. The SMILES string of the molecule is C=C(C)N.CC.Cc1cc(C)[nH]n1.Cc1cc2nc(C)[nH]c2cn1. The van der Waals surface area contributed by atoms with Crippen LogP contribution in [0.2, 0.25) is 0 Å². The first-order valence-corrected chi connectivity index (χ1v) is 7.96. The number of nitrogens with zero attached hydrogens (tertiary/aromatic N) is 3. The van der Waals surface area contributed by atoms with Crippen LogP contribution >= 0.6 is 0 Å². The number of nitrogens with two attached hydrogens (primary N) is 1. The smallest absolute Gasteiger partial charge is 0.104 e. The molecule has 3 aromatic rings. The van der Waals surface area contributed by atoms with Crippen molar-refractivity contribution in [2.24, 2.45) is 5.73 Å². The Morgan fingerprint density at radius 2 is 1.67 bits per heavy atom. The number of allylic oxidation sites excluding steroid dienone is 1. The molecule has 0 amide bonds. The summed E-state index contributed by atoms with van der Waals surface area (Å²) >= 11 is 0. The fraction of sp³-hybridized carbons (Fsp3) is 0.389. The largest absolute Gasteiger partial charge is 0.403 e. The average Bonchev–Trinajstić information content (AvgIpc) is 3.05. The van der Waals surface area contributed by atoms with Crippen molar-refractivity contribution in [2.45, 2.75) is 48.5 Å². The van der Waals surface area contributed by atoms with E-state index >= 15 is 0 Å². The number of aromatic nitrogens is 5. The Labute approximate surface area is 144 Å². The minimum Gasteiger partial charge on any atom is -0.403 e. The lowest BCUT2D eigenvalue weighted by Crippen LogP contribution is -1.83. The van der Waals surface area contributed by atoms with Gasteiger partial charge in [0.05, 0.1) is 22.9 Å². The van der Waals surface area contributed by atoms with Gasteiger partial charge < -0.3 is 10.7 Å². The molecule has 3 heterocycles. The van der Waals surface area contributed by atoms with E-state index in [1.165, 1.54) is 0 Å². The predicted molar refractivity (Wildman–Crippen MR) is 102 cm³/mol. The van der Waals surface area contributed by atoms with Gasteiger partial charge in [0.1, 0.15) is 5.82 Å². The third-order valence-electron chi connectivity index (χ3n) is 2.46. The number of aryl methyl sites for hydroxylation is 4. The molecule has 0 fully saturated rings. The molecular formula is C18H30N6. The van der Waals surface area contributed by atoms with Gasteiger partial charge in [-0.2, -0.15) is 5.10 Å². The van der Waals surface area contributed by atoms with Crippen LogP contribution < -0.4 is 5.73 Å². The van der Waals surface area contributed by atoms with E-state index in [0.717, 1.165) is 33.9 Å². The number of fused-ring (bicyclic) bond motifs is 1. The summed E-state index contributed by atoms with van der Waals surface area (Å²) in [6.07, 6.45) is 1.81. The van der Waals surface area contributed by atoms with Gasteiger partial charge in [-0.1, -0.05) is 20.4 Å². The van der Waals surface area contributed by atoms with Crippen molar-refractivity contribution in [1.82, 2.24) is 25.1 Å². The Morgan fingerprint density at radius 1 is 1.08 bits per heavy atom. The second-order valence-corrected chi connectivity index (χ2v) is 5.20. The van der Waals surface area contributed by atoms with Gasteiger partial charge >= 0.3 is 0 Å². The van der Waals surface area contributed by atoms with Crippen molar-refractivity contribution in [2.75, 3.05) is 0 Å². The van der Waals surface area contributed by atoms with Crippen molar-refractivity contribution < 1.29 is 0 Å². The summed E-state index contributed by atoms with van der Waals surface area (Å²) in [4.78, 5) is 11.5. The van der Waals surface area contributed by atoms with Crippen LogP contribution in [0.25, 0.3) is 11.0 Å². The Bertz CT molecular complexity index is 718. The quantitative estimate of drug-likeness (QED) is 0.578. The summed E-state index contributed by atoms with van der Waals surface area (Å²) < 4.78 is 0. The van der Waals surface area contributed by atoms with E-state index < -0.39 is 0 Å². The first kappa shape index (κ1) is 21.4. The number of aromatic amines is 2. The van der Waals surface area contributed by atoms with Gasteiger partial charge in [0.2, 0.25) is 0 Å². The molecule has 0 aliphatic carbocycles. The number of pyridine rings is 1. The van der Waals surface area contributed by atoms with E-state index in [9.17, 15) is 0 Å². The van der Waals surface area contributed by atoms with E-state index in [-0.39, 0.29) is 0 Å². The highest BCUT2D eigenvalue weighted by atomic mass is 15.1. The fourth-order valence-corrected chi connectivity index (χ4v) is 1.69. The van der Waals surface area contributed by atoms with Gasteiger partial charge in [-0.3, -0.25) is 10.1 Å². The van der Waals surface area contributed by atoms with Crippen LogP contribution in [0.1, 0.15) is 43.7 Å². The van der Waals surface area contributed by atoms with E-state index in [1.54, 1.807) is 6.92 Å². The predicted octanol–water partition coefficient (Wildman–Crippen LogP) is 4.11. The normalized spacial score (nSPS) is 8.96. The fourth-order valence-electron chi connectivity index (χ4n) is 1.69. The maximum Gasteiger partial charge on any atom is 0.104 e. The third-order valence-corrected chi connectivity index (χ3v) is 2.46. The summed E-state index contributed by atoms with van der Waals surface area (Å²) in [5.74, 6) is 0.937. The van der Waals surface area contributed by atoms with Gasteiger partial charge in [-0.15, -0.1) is 0 Å². The molecule has 0 aliphatic heterocycles. The molecule has 0 radical (unpaired) electrons. The van der Waals surface area contributed by atoms with Gasteiger partial charge in [0, 0.05) is 11.4 Å². The van der Waals surface area contributed by atoms with Crippen molar-refractivity contribution in [1.29, 1.82) is 0 Å². The van der Waals surface area contributed by atoms with Crippen molar-refractivity contribution in [3.8, 4) is 0 Å².